The van der Waals surface area contributed by atoms with E-state index in [2.05, 4.69) is 10.2 Å². The van der Waals surface area contributed by atoms with Gasteiger partial charge in [-0.25, -0.2) is 0 Å². The van der Waals surface area contributed by atoms with Crippen LogP contribution in [0, 0.1) is 0 Å². The number of ketones is 1. The monoisotopic (exact) mass is 287 g/mol. The highest BCUT2D eigenvalue weighted by molar-refractivity contribution is 6.00. The van der Waals surface area contributed by atoms with E-state index in [0.29, 0.717) is 17.4 Å². The zero-order valence-electron chi connectivity index (χ0n) is 12.3. The predicted molar refractivity (Wildman–Crippen MR) is 80.0 cm³/mol. The molecule has 2 heterocycles. The fraction of sp³-hybridized carbons (Fsp3) is 0.533. The Hall–Kier alpha value is -2.11. The molecule has 0 bridgehead atoms. The summed E-state index contributed by atoms with van der Waals surface area (Å²) >= 11 is 0. The van der Waals surface area contributed by atoms with Gasteiger partial charge in [0.05, 0.1) is 29.9 Å². The molecule has 3 rings (SSSR count). The van der Waals surface area contributed by atoms with Crippen LogP contribution in [0.3, 0.4) is 0 Å². The van der Waals surface area contributed by atoms with Crippen LogP contribution in [-0.2, 0) is 13.5 Å². The number of aromatic nitrogens is 4. The minimum absolute atomic E-state index is 0.0329. The number of nitrogens with two attached hydrogens (primary N) is 1. The topological polar surface area (TPSA) is 78.7 Å². The van der Waals surface area contributed by atoms with E-state index < -0.39 is 0 Å². The number of hydrogen-bond donors (Lipinski definition) is 1. The number of hydrogen-bond acceptors (Lipinski definition) is 4. The van der Waals surface area contributed by atoms with Crippen LogP contribution in [0.4, 0.5) is 5.82 Å². The molecule has 0 amide bonds. The van der Waals surface area contributed by atoms with Gasteiger partial charge < -0.3 is 5.73 Å². The van der Waals surface area contributed by atoms with Crippen LogP contribution >= 0.6 is 0 Å². The first-order valence-electron chi connectivity index (χ1n) is 7.50. The first-order valence-corrected chi connectivity index (χ1v) is 7.50. The zero-order valence-corrected chi connectivity index (χ0v) is 12.3. The summed E-state index contributed by atoms with van der Waals surface area (Å²) in [6, 6.07) is 2.42. The fourth-order valence-corrected chi connectivity index (χ4v) is 2.94. The molecule has 0 atom stereocenters. The minimum Gasteiger partial charge on any atom is -0.383 e. The molecule has 1 fully saturated rings. The average Bonchev–Trinajstić information content (AvgIpc) is 3.08. The lowest BCUT2D eigenvalue weighted by Gasteiger charge is -2.21. The molecule has 1 aliphatic carbocycles. The van der Waals surface area contributed by atoms with Crippen molar-refractivity contribution >= 4 is 11.6 Å². The summed E-state index contributed by atoms with van der Waals surface area (Å²) in [7, 11) is 1.73. The fourth-order valence-electron chi connectivity index (χ4n) is 2.94. The van der Waals surface area contributed by atoms with E-state index in [1.807, 2.05) is 16.9 Å². The Morgan fingerprint density at radius 1 is 1.38 bits per heavy atom. The van der Waals surface area contributed by atoms with Crippen LogP contribution in [0.5, 0.6) is 0 Å². The van der Waals surface area contributed by atoms with Gasteiger partial charge in [0.25, 0.3) is 0 Å². The highest BCUT2D eigenvalue weighted by atomic mass is 16.1. The second-order valence-electron chi connectivity index (χ2n) is 5.75. The summed E-state index contributed by atoms with van der Waals surface area (Å²) in [6.45, 7) is 0. The van der Waals surface area contributed by atoms with Crippen LogP contribution < -0.4 is 5.73 Å². The van der Waals surface area contributed by atoms with E-state index in [4.69, 9.17) is 5.73 Å². The van der Waals surface area contributed by atoms with Gasteiger partial charge in [-0.05, 0) is 18.9 Å². The Morgan fingerprint density at radius 2 is 2.14 bits per heavy atom. The summed E-state index contributed by atoms with van der Waals surface area (Å²) in [6.07, 6.45) is 10.0. The van der Waals surface area contributed by atoms with Crippen LogP contribution in [0.15, 0.2) is 18.5 Å². The summed E-state index contributed by atoms with van der Waals surface area (Å²) in [5.74, 6) is 0.376. The van der Waals surface area contributed by atoms with Crippen molar-refractivity contribution in [3.63, 3.8) is 0 Å². The number of anilines is 1. The molecular weight excluding hydrogens is 266 g/mol. The standard InChI is InChI=1S/C15H21N5O/c1-19-15(16)13(10-17-19)14(21)9-11-7-8-20(18-11)12-5-3-2-4-6-12/h7-8,10,12H,2-6,9,16H2,1H3. The second-order valence-corrected chi connectivity index (χ2v) is 5.75. The molecule has 0 saturated heterocycles. The Labute approximate surface area is 123 Å². The first-order chi connectivity index (χ1) is 10.1. The van der Waals surface area contributed by atoms with Gasteiger partial charge in [-0.3, -0.25) is 14.2 Å². The molecule has 1 saturated carbocycles. The van der Waals surface area contributed by atoms with Crippen LogP contribution in [0.1, 0.15) is 54.2 Å². The molecule has 6 heteroatoms. The van der Waals surface area contributed by atoms with Gasteiger partial charge in [0.1, 0.15) is 5.82 Å². The number of carbonyl (C=O) groups is 1. The minimum atomic E-state index is -0.0329. The lowest BCUT2D eigenvalue weighted by atomic mass is 9.96. The molecule has 1 aliphatic rings. The highest BCUT2D eigenvalue weighted by Gasteiger charge is 2.18. The third kappa shape index (κ3) is 2.84. The molecule has 0 radical (unpaired) electrons. The van der Waals surface area contributed by atoms with E-state index in [-0.39, 0.29) is 12.2 Å². The van der Waals surface area contributed by atoms with E-state index in [0.717, 1.165) is 5.69 Å². The largest absolute Gasteiger partial charge is 0.383 e. The predicted octanol–water partition coefficient (Wildman–Crippen LogP) is 2.13. The third-order valence-corrected chi connectivity index (χ3v) is 4.24. The Bertz CT molecular complexity index is 636. The molecule has 0 spiro atoms. The maximum Gasteiger partial charge on any atom is 0.174 e. The number of rotatable bonds is 4. The maximum absolute atomic E-state index is 12.3. The molecule has 0 aliphatic heterocycles. The molecule has 0 unspecified atom stereocenters. The molecular formula is C15H21N5O. The van der Waals surface area contributed by atoms with Crippen molar-refractivity contribution in [3.05, 3.63) is 29.7 Å². The maximum atomic E-state index is 12.3. The van der Waals surface area contributed by atoms with E-state index in [1.54, 1.807) is 7.05 Å². The number of nitrogen functional groups attached to an aromatic ring is 1. The summed E-state index contributed by atoms with van der Waals surface area (Å²) in [4.78, 5) is 12.3. The van der Waals surface area contributed by atoms with Crippen LogP contribution in [0.2, 0.25) is 0 Å². The van der Waals surface area contributed by atoms with Crippen molar-refractivity contribution in [3.8, 4) is 0 Å². The second kappa shape index (κ2) is 5.71. The van der Waals surface area contributed by atoms with Crippen molar-refractivity contribution < 1.29 is 4.79 Å². The van der Waals surface area contributed by atoms with Crippen molar-refractivity contribution in [1.29, 1.82) is 0 Å². The molecule has 21 heavy (non-hydrogen) atoms. The molecule has 2 aromatic heterocycles. The zero-order chi connectivity index (χ0) is 14.8. The van der Waals surface area contributed by atoms with Crippen molar-refractivity contribution in [2.24, 2.45) is 7.05 Å². The molecule has 0 aromatic carbocycles. The van der Waals surface area contributed by atoms with Gasteiger partial charge in [-0.1, -0.05) is 19.3 Å². The average molecular weight is 287 g/mol. The number of Topliss-reactive ketones (excluding diaryl/α,β-unsaturated/α-hetero) is 1. The lowest BCUT2D eigenvalue weighted by Crippen LogP contribution is -2.14. The lowest BCUT2D eigenvalue weighted by molar-refractivity contribution is 0.0992. The first kappa shape index (κ1) is 13.9. The van der Waals surface area contributed by atoms with Gasteiger partial charge in [-0.15, -0.1) is 0 Å². The Balaban J connectivity index is 1.69. The Kier molecular flexibility index (Phi) is 3.77. The van der Waals surface area contributed by atoms with Crippen molar-refractivity contribution in [2.75, 3.05) is 5.73 Å². The van der Waals surface area contributed by atoms with Gasteiger partial charge in [-0.2, -0.15) is 10.2 Å². The van der Waals surface area contributed by atoms with Gasteiger partial charge in [0.15, 0.2) is 5.78 Å². The van der Waals surface area contributed by atoms with Crippen molar-refractivity contribution in [1.82, 2.24) is 19.6 Å². The third-order valence-electron chi connectivity index (χ3n) is 4.24. The summed E-state index contributed by atoms with van der Waals surface area (Å²) in [5, 5.41) is 8.57. The van der Waals surface area contributed by atoms with Gasteiger partial charge in [0, 0.05) is 13.2 Å². The van der Waals surface area contributed by atoms with Crippen molar-refractivity contribution in [2.45, 2.75) is 44.6 Å². The number of nitrogens with zero attached hydrogens (tertiary/aromatic N) is 4. The molecule has 2 aromatic rings. The van der Waals surface area contributed by atoms with Gasteiger partial charge in [0.2, 0.25) is 0 Å². The summed E-state index contributed by atoms with van der Waals surface area (Å²) in [5.41, 5.74) is 7.11. The number of carbonyl (C=O) groups excluding carboxylic acids is 1. The van der Waals surface area contributed by atoms with E-state index in [9.17, 15) is 4.79 Å². The number of aryl methyl sites for hydroxylation is 1. The SMILES string of the molecule is Cn1ncc(C(=O)Cc2ccn(C3CCCCC3)n2)c1N. The smallest absolute Gasteiger partial charge is 0.174 e. The van der Waals surface area contributed by atoms with Crippen LogP contribution in [0.25, 0.3) is 0 Å². The van der Waals surface area contributed by atoms with Gasteiger partial charge >= 0.3 is 0 Å². The normalized spacial score (nSPS) is 16.2. The Morgan fingerprint density at radius 3 is 2.81 bits per heavy atom. The molecule has 6 nitrogen and oxygen atoms in total. The van der Waals surface area contributed by atoms with E-state index in [1.165, 1.54) is 43.0 Å². The van der Waals surface area contributed by atoms with E-state index >= 15 is 0 Å². The molecule has 2 N–H and O–H groups in total. The molecule has 112 valence electrons. The van der Waals surface area contributed by atoms with Crippen LogP contribution in [-0.4, -0.2) is 25.3 Å². The highest BCUT2D eigenvalue weighted by Crippen LogP contribution is 2.27. The summed E-state index contributed by atoms with van der Waals surface area (Å²) < 4.78 is 3.53. The quantitative estimate of drug-likeness (QED) is 0.874.